The molecule has 3 aromatic rings. The van der Waals surface area contributed by atoms with Crippen LogP contribution in [0.4, 0.5) is 15.8 Å². The number of para-hydroxylation sites is 2. The molecular formula is C25H23FN4O5. The van der Waals surface area contributed by atoms with Crippen LogP contribution in [0.15, 0.2) is 77.9 Å². The van der Waals surface area contributed by atoms with Gasteiger partial charge in [-0.25, -0.2) is 9.82 Å². The van der Waals surface area contributed by atoms with Crippen molar-refractivity contribution in [2.45, 2.75) is 6.92 Å². The SMILES string of the molecule is CCOc1ccccc1NC(=O)C(=O)N/N=C\c1cccc(OCC(=O)Nc2ccc(F)cc2)c1. The van der Waals surface area contributed by atoms with E-state index in [-0.39, 0.29) is 6.61 Å². The molecule has 0 atom stereocenters. The molecule has 0 aliphatic heterocycles. The number of hydrazone groups is 1. The van der Waals surface area contributed by atoms with Crippen molar-refractivity contribution in [3.05, 3.63) is 84.2 Å². The third-order valence-corrected chi connectivity index (χ3v) is 4.38. The van der Waals surface area contributed by atoms with Crippen LogP contribution >= 0.6 is 0 Å². The molecule has 35 heavy (non-hydrogen) atoms. The van der Waals surface area contributed by atoms with Crippen LogP contribution in [0.25, 0.3) is 0 Å². The molecule has 3 N–H and O–H groups in total. The Hall–Kier alpha value is -4.73. The van der Waals surface area contributed by atoms with Gasteiger partial charge in [0.1, 0.15) is 17.3 Å². The van der Waals surface area contributed by atoms with E-state index >= 15 is 0 Å². The number of hydrogen-bond acceptors (Lipinski definition) is 6. The first kappa shape index (κ1) is 24.9. The van der Waals surface area contributed by atoms with Gasteiger partial charge in [-0.1, -0.05) is 24.3 Å². The van der Waals surface area contributed by atoms with E-state index in [1.54, 1.807) is 48.5 Å². The first-order chi connectivity index (χ1) is 16.9. The van der Waals surface area contributed by atoms with Gasteiger partial charge in [0, 0.05) is 5.69 Å². The second-order valence-electron chi connectivity index (χ2n) is 7.00. The van der Waals surface area contributed by atoms with Crippen molar-refractivity contribution in [2.75, 3.05) is 23.8 Å². The van der Waals surface area contributed by atoms with E-state index in [0.717, 1.165) is 0 Å². The molecular weight excluding hydrogens is 455 g/mol. The summed E-state index contributed by atoms with van der Waals surface area (Å²) in [5.74, 6) is -1.85. The van der Waals surface area contributed by atoms with Crippen molar-refractivity contribution >= 4 is 35.3 Å². The molecule has 0 bridgehead atoms. The van der Waals surface area contributed by atoms with Crippen molar-refractivity contribution in [1.29, 1.82) is 0 Å². The molecule has 9 nitrogen and oxygen atoms in total. The number of hydrogen-bond donors (Lipinski definition) is 3. The number of nitrogens with one attached hydrogen (secondary N) is 3. The highest BCUT2D eigenvalue weighted by Gasteiger charge is 2.15. The van der Waals surface area contributed by atoms with Crippen LogP contribution in [0.1, 0.15) is 12.5 Å². The van der Waals surface area contributed by atoms with E-state index in [1.807, 2.05) is 6.92 Å². The van der Waals surface area contributed by atoms with Gasteiger partial charge in [-0.2, -0.15) is 5.10 Å². The van der Waals surface area contributed by atoms with Crippen LogP contribution in [0.2, 0.25) is 0 Å². The molecule has 0 fully saturated rings. The molecule has 180 valence electrons. The fourth-order valence-corrected chi connectivity index (χ4v) is 2.81. The maximum atomic E-state index is 12.9. The number of benzene rings is 3. The summed E-state index contributed by atoms with van der Waals surface area (Å²) in [4.78, 5) is 36.2. The Morgan fingerprint density at radius 1 is 0.914 bits per heavy atom. The third-order valence-electron chi connectivity index (χ3n) is 4.38. The number of halogens is 1. The van der Waals surface area contributed by atoms with Crippen LogP contribution in [-0.4, -0.2) is 37.1 Å². The van der Waals surface area contributed by atoms with Gasteiger partial charge in [0.25, 0.3) is 5.91 Å². The molecule has 0 saturated heterocycles. The first-order valence-electron chi connectivity index (χ1n) is 10.6. The van der Waals surface area contributed by atoms with Crippen LogP contribution < -0.4 is 25.5 Å². The van der Waals surface area contributed by atoms with Gasteiger partial charge < -0.3 is 20.1 Å². The summed E-state index contributed by atoms with van der Waals surface area (Å²) in [6.45, 7) is 1.95. The number of ether oxygens (including phenoxy) is 2. The predicted molar refractivity (Wildman–Crippen MR) is 129 cm³/mol. The Labute approximate surface area is 200 Å². The lowest BCUT2D eigenvalue weighted by Crippen LogP contribution is -2.32. The monoisotopic (exact) mass is 478 g/mol. The highest BCUT2D eigenvalue weighted by atomic mass is 19.1. The Morgan fingerprint density at radius 2 is 1.69 bits per heavy atom. The minimum atomic E-state index is -0.961. The largest absolute Gasteiger partial charge is 0.492 e. The summed E-state index contributed by atoms with van der Waals surface area (Å²) < 4.78 is 23.8. The third kappa shape index (κ3) is 7.97. The molecule has 0 aliphatic carbocycles. The summed E-state index contributed by atoms with van der Waals surface area (Å²) >= 11 is 0. The summed E-state index contributed by atoms with van der Waals surface area (Å²) in [6.07, 6.45) is 1.32. The van der Waals surface area contributed by atoms with E-state index in [2.05, 4.69) is 21.2 Å². The molecule has 0 saturated carbocycles. The topological polar surface area (TPSA) is 118 Å². The van der Waals surface area contributed by atoms with Crippen molar-refractivity contribution in [1.82, 2.24) is 5.43 Å². The van der Waals surface area contributed by atoms with Crippen molar-refractivity contribution < 1.29 is 28.2 Å². The normalized spacial score (nSPS) is 10.5. The standard InChI is InChI=1S/C25H23FN4O5/c1-2-34-22-9-4-3-8-21(22)29-24(32)25(33)30-27-15-17-6-5-7-20(14-17)35-16-23(31)28-19-12-10-18(26)11-13-19/h3-15H,2,16H2,1H3,(H,28,31)(H,29,32)(H,30,33)/b27-15-. The van der Waals surface area contributed by atoms with Crippen LogP contribution in [0.5, 0.6) is 11.5 Å². The quantitative estimate of drug-likeness (QED) is 0.248. The summed E-state index contributed by atoms with van der Waals surface area (Å²) in [6, 6.07) is 18.7. The number of carbonyl (C=O) groups excluding carboxylic acids is 3. The molecule has 3 amide bonds. The van der Waals surface area contributed by atoms with Crippen LogP contribution in [-0.2, 0) is 14.4 Å². The van der Waals surface area contributed by atoms with Gasteiger partial charge in [-0.3, -0.25) is 14.4 Å². The van der Waals surface area contributed by atoms with Crippen molar-refractivity contribution in [2.24, 2.45) is 5.10 Å². The lowest BCUT2D eigenvalue weighted by molar-refractivity contribution is -0.136. The van der Waals surface area contributed by atoms with E-state index in [4.69, 9.17) is 9.47 Å². The summed E-state index contributed by atoms with van der Waals surface area (Å²) in [5.41, 5.74) is 3.52. The fraction of sp³-hybridized carbons (Fsp3) is 0.120. The number of nitrogens with zero attached hydrogens (tertiary/aromatic N) is 1. The lowest BCUT2D eigenvalue weighted by Gasteiger charge is -2.10. The minimum Gasteiger partial charge on any atom is -0.492 e. The van der Waals surface area contributed by atoms with E-state index in [9.17, 15) is 18.8 Å². The number of rotatable bonds is 9. The van der Waals surface area contributed by atoms with Gasteiger partial charge in [-0.05, 0) is 61.0 Å². The van der Waals surface area contributed by atoms with Crippen LogP contribution in [0.3, 0.4) is 0 Å². The number of amides is 3. The lowest BCUT2D eigenvalue weighted by atomic mass is 10.2. The smallest absolute Gasteiger partial charge is 0.329 e. The van der Waals surface area contributed by atoms with Gasteiger partial charge in [0.05, 0.1) is 18.5 Å². The molecule has 3 rings (SSSR count). The zero-order chi connectivity index (χ0) is 25.0. The van der Waals surface area contributed by atoms with E-state index in [1.165, 1.54) is 30.5 Å². The zero-order valence-corrected chi connectivity index (χ0v) is 18.8. The Kier molecular flexibility index (Phi) is 8.89. The zero-order valence-electron chi connectivity index (χ0n) is 18.8. The fourth-order valence-electron chi connectivity index (χ4n) is 2.81. The summed E-state index contributed by atoms with van der Waals surface area (Å²) in [5, 5.41) is 8.84. The molecule has 0 aliphatic rings. The molecule has 3 aromatic carbocycles. The van der Waals surface area contributed by atoms with Crippen molar-refractivity contribution in [3.8, 4) is 11.5 Å². The highest BCUT2D eigenvalue weighted by Crippen LogP contribution is 2.23. The second kappa shape index (κ2) is 12.5. The Morgan fingerprint density at radius 3 is 2.46 bits per heavy atom. The first-order valence-corrected chi connectivity index (χ1v) is 10.6. The van der Waals surface area contributed by atoms with E-state index < -0.39 is 23.5 Å². The Balaban J connectivity index is 1.48. The second-order valence-corrected chi connectivity index (χ2v) is 7.00. The molecule has 0 unspecified atom stereocenters. The maximum Gasteiger partial charge on any atom is 0.329 e. The van der Waals surface area contributed by atoms with E-state index in [0.29, 0.717) is 35.0 Å². The maximum absolute atomic E-state index is 12.9. The molecule has 10 heteroatoms. The van der Waals surface area contributed by atoms with Crippen LogP contribution in [0, 0.1) is 5.82 Å². The predicted octanol–water partition coefficient (Wildman–Crippen LogP) is 3.33. The van der Waals surface area contributed by atoms with Gasteiger partial charge in [0.15, 0.2) is 6.61 Å². The highest BCUT2D eigenvalue weighted by molar-refractivity contribution is 6.39. The number of carbonyl (C=O) groups is 3. The molecule has 0 spiro atoms. The number of anilines is 2. The van der Waals surface area contributed by atoms with Gasteiger partial charge >= 0.3 is 11.8 Å². The van der Waals surface area contributed by atoms with Gasteiger partial charge in [0.2, 0.25) is 0 Å². The minimum absolute atomic E-state index is 0.266. The average Bonchev–Trinajstić information content (AvgIpc) is 2.86. The molecule has 0 heterocycles. The van der Waals surface area contributed by atoms with Crippen molar-refractivity contribution in [3.63, 3.8) is 0 Å². The average molecular weight is 478 g/mol. The van der Waals surface area contributed by atoms with Gasteiger partial charge in [-0.15, -0.1) is 0 Å². The molecule has 0 radical (unpaired) electrons. The Bertz CT molecular complexity index is 1210. The summed E-state index contributed by atoms with van der Waals surface area (Å²) in [7, 11) is 0. The molecule has 0 aromatic heterocycles.